The number of aryl methyl sites for hydroxylation is 1. The molecule has 0 fully saturated rings. The lowest BCUT2D eigenvalue weighted by atomic mass is 10.1. The first kappa shape index (κ1) is 18.3. The summed E-state index contributed by atoms with van der Waals surface area (Å²) in [4.78, 5) is 25.7. The summed E-state index contributed by atoms with van der Waals surface area (Å²) in [5.74, 6) is 1.72. The number of benzene rings is 1. The van der Waals surface area contributed by atoms with Crippen LogP contribution in [0, 0.1) is 6.92 Å². The van der Waals surface area contributed by atoms with Crippen LogP contribution in [-0.2, 0) is 29.1 Å². The standard InChI is InChI=1S/C20H26N4O2/c1-4-23(3)20-17-12-24(11-10-18(17)21-15(2)22-20)19(25)14-26-13-16-8-6-5-7-9-16/h5-9H,4,10-14H2,1-3H3. The van der Waals surface area contributed by atoms with Crippen molar-refractivity contribution < 1.29 is 9.53 Å². The molecule has 0 radical (unpaired) electrons. The predicted octanol–water partition coefficient (Wildman–Crippen LogP) is 2.34. The summed E-state index contributed by atoms with van der Waals surface area (Å²) >= 11 is 0. The van der Waals surface area contributed by atoms with Gasteiger partial charge in [-0.25, -0.2) is 9.97 Å². The molecule has 6 heteroatoms. The Kier molecular flexibility index (Phi) is 5.83. The second kappa shape index (κ2) is 8.27. The molecule has 0 bridgehead atoms. The van der Waals surface area contributed by atoms with Crippen LogP contribution in [0.25, 0.3) is 0 Å². The third-order valence-electron chi connectivity index (χ3n) is 4.68. The minimum Gasteiger partial charge on any atom is -0.367 e. The van der Waals surface area contributed by atoms with E-state index in [2.05, 4.69) is 21.8 Å². The topological polar surface area (TPSA) is 58.6 Å². The molecule has 1 aliphatic heterocycles. The van der Waals surface area contributed by atoms with Crippen LogP contribution in [0.4, 0.5) is 5.82 Å². The average Bonchev–Trinajstić information content (AvgIpc) is 2.67. The molecule has 0 spiro atoms. The number of carbonyl (C=O) groups is 1. The van der Waals surface area contributed by atoms with Crippen molar-refractivity contribution in [3.05, 3.63) is 53.0 Å². The number of fused-ring (bicyclic) bond motifs is 1. The second-order valence-electron chi connectivity index (χ2n) is 6.58. The Hall–Kier alpha value is -2.47. The zero-order valence-electron chi connectivity index (χ0n) is 15.7. The maximum Gasteiger partial charge on any atom is 0.248 e. The lowest BCUT2D eigenvalue weighted by Gasteiger charge is -2.31. The van der Waals surface area contributed by atoms with Gasteiger partial charge in [-0.2, -0.15) is 0 Å². The van der Waals surface area contributed by atoms with Gasteiger partial charge in [-0.05, 0) is 19.4 Å². The molecule has 1 amide bonds. The van der Waals surface area contributed by atoms with Crippen molar-refractivity contribution in [3.63, 3.8) is 0 Å². The minimum absolute atomic E-state index is 0.0113. The van der Waals surface area contributed by atoms with Crippen molar-refractivity contribution >= 4 is 11.7 Å². The van der Waals surface area contributed by atoms with Crippen molar-refractivity contribution in [3.8, 4) is 0 Å². The van der Waals surface area contributed by atoms with Crippen molar-refractivity contribution in [2.75, 3.05) is 31.6 Å². The summed E-state index contributed by atoms with van der Waals surface area (Å²) in [6, 6.07) is 9.89. The van der Waals surface area contributed by atoms with E-state index in [1.807, 2.05) is 49.2 Å². The fraction of sp³-hybridized carbons (Fsp3) is 0.450. The first-order valence-electron chi connectivity index (χ1n) is 9.05. The van der Waals surface area contributed by atoms with Gasteiger partial charge >= 0.3 is 0 Å². The highest BCUT2D eigenvalue weighted by atomic mass is 16.5. The molecule has 26 heavy (non-hydrogen) atoms. The van der Waals surface area contributed by atoms with Crippen molar-refractivity contribution in [1.29, 1.82) is 0 Å². The number of nitrogens with zero attached hydrogens (tertiary/aromatic N) is 4. The Morgan fingerprint density at radius 2 is 2.04 bits per heavy atom. The molecule has 138 valence electrons. The Labute approximate surface area is 154 Å². The molecule has 2 aromatic rings. The van der Waals surface area contributed by atoms with Gasteiger partial charge in [0.2, 0.25) is 5.91 Å². The number of hydrogen-bond acceptors (Lipinski definition) is 5. The minimum atomic E-state index is 0.0113. The molecule has 0 unspecified atom stereocenters. The van der Waals surface area contributed by atoms with Crippen LogP contribution in [-0.4, -0.2) is 47.5 Å². The summed E-state index contributed by atoms with van der Waals surface area (Å²) in [7, 11) is 2.02. The van der Waals surface area contributed by atoms with Crippen LogP contribution in [0.3, 0.4) is 0 Å². The Morgan fingerprint density at radius 3 is 2.77 bits per heavy atom. The van der Waals surface area contributed by atoms with E-state index >= 15 is 0 Å². The van der Waals surface area contributed by atoms with Gasteiger partial charge in [-0.1, -0.05) is 30.3 Å². The third-order valence-corrected chi connectivity index (χ3v) is 4.68. The normalized spacial score (nSPS) is 13.4. The lowest BCUT2D eigenvalue weighted by molar-refractivity contribution is -0.137. The number of anilines is 1. The molecule has 3 rings (SSSR count). The molecule has 1 aromatic carbocycles. The van der Waals surface area contributed by atoms with E-state index in [1.165, 1.54) is 0 Å². The van der Waals surface area contributed by atoms with E-state index in [0.29, 0.717) is 19.7 Å². The van der Waals surface area contributed by atoms with Crippen molar-refractivity contribution in [2.24, 2.45) is 0 Å². The van der Waals surface area contributed by atoms with Gasteiger partial charge in [-0.3, -0.25) is 4.79 Å². The van der Waals surface area contributed by atoms with Gasteiger partial charge < -0.3 is 14.5 Å². The van der Waals surface area contributed by atoms with E-state index in [0.717, 1.165) is 41.4 Å². The van der Waals surface area contributed by atoms with Gasteiger partial charge in [0, 0.05) is 32.1 Å². The Balaban J connectivity index is 1.64. The van der Waals surface area contributed by atoms with Gasteiger partial charge in [0.15, 0.2) is 0 Å². The molecule has 0 N–H and O–H groups in total. The molecule has 0 aliphatic carbocycles. The highest BCUT2D eigenvalue weighted by molar-refractivity contribution is 5.78. The van der Waals surface area contributed by atoms with E-state index < -0.39 is 0 Å². The average molecular weight is 354 g/mol. The SMILES string of the molecule is CCN(C)c1nc(C)nc2c1CN(C(=O)COCc1ccccc1)CC2. The monoisotopic (exact) mass is 354 g/mol. The molecule has 1 aliphatic rings. The Bertz CT molecular complexity index is 764. The van der Waals surface area contributed by atoms with Crippen LogP contribution >= 0.6 is 0 Å². The number of hydrogen-bond donors (Lipinski definition) is 0. The summed E-state index contributed by atoms with van der Waals surface area (Å²) in [5, 5.41) is 0. The molecule has 0 atom stereocenters. The van der Waals surface area contributed by atoms with Gasteiger partial charge in [0.25, 0.3) is 0 Å². The zero-order valence-corrected chi connectivity index (χ0v) is 15.7. The van der Waals surface area contributed by atoms with Crippen molar-refractivity contribution in [2.45, 2.75) is 33.4 Å². The number of aromatic nitrogens is 2. The highest BCUT2D eigenvalue weighted by Crippen LogP contribution is 2.26. The molecule has 0 saturated carbocycles. The summed E-state index contributed by atoms with van der Waals surface area (Å²) in [5.41, 5.74) is 3.18. The van der Waals surface area contributed by atoms with E-state index in [-0.39, 0.29) is 12.5 Å². The van der Waals surface area contributed by atoms with Gasteiger partial charge in [0.1, 0.15) is 18.2 Å². The first-order chi connectivity index (χ1) is 12.6. The first-order valence-corrected chi connectivity index (χ1v) is 9.05. The maximum absolute atomic E-state index is 12.6. The lowest BCUT2D eigenvalue weighted by Crippen LogP contribution is -2.39. The number of amides is 1. The number of ether oxygens (including phenoxy) is 1. The van der Waals surface area contributed by atoms with Gasteiger partial charge in [0.05, 0.1) is 18.8 Å². The maximum atomic E-state index is 12.6. The smallest absolute Gasteiger partial charge is 0.248 e. The fourth-order valence-corrected chi connectivity index (χ4v) is 3.12. The summed E-state index contributed by atoms with van der Waals surface area (Å²) < 4.78 is 5.61. The fourth-order valence-electron chi connectivity index (χ4n) is 3.12. The highest BCUT2D eigenvalue weighted by Gasteiger charge is 2.26. The largest absolute Gasteiger partial charge is 0.367 e. The van der Waals surface area contributed by atoms with E-state index in [4.69, 9.17) is 4.74 Å². The molecule has 0 saturated heterocycles. The van der Waals surface area contributed by atoms with Crippen LogP contribution in [0.2, 0.25) is 0 Å². The predicted molar refractivity (Wildman–Crippen MR) is 101 cm³/mol. The summed E-state index contributed by atoms with van der Waals surface area (Å²) in [6.07, 6.45) is 0.758. The molecule has 6 nitrogen and oxygen atoms in total. The van der Waals surface area contributed by atoms with E-state index in [1.54, 1.807) is 0 Å². The second-order valence-corrected chi connectivity index (χ2v) is 6.58. The molecular formula is C20H26N4O2. The van der Waals surface area contributed by atoms with Gasteiger partial charge in [-0.15, -0.1) is 0 Å². The zero-order chi connectivity index (χ0) is 18.5. The quantitative estimate of drug-likeness (QED) is 0.797. The van der Waals surface area contributed by atoms with Crippen LogP contribution < -0.4 is 4.90 Å². The Morgan fingerprint density at radius 1 is 1.27 bits per heavy atom. The van der Waals surface area contributed by atoms with Crippen molar-refractivity contribution in [1.82, 2.24) is 14.9 Å². The third kappa shape index (κ3) is 4.19. The molecule has 2 heterocycles. The molecular weight excluding hydrogens is 328 g/mol. The number of carbonyl (C=O) groups excluding carboxylic acids is 1. The van der Waals surface area contributed by atoms with Crippen LogP contribution in [0.1, 0.15) is 29.6 Å². The molecule has 1 aromatic heterocycles. The van der Waals surface area contributed by atoms with E-state index in [9.17, 15) is 4.79 Å². The van der Waals surface area contributed by atoms with Crippen LogP contribution in [0.5, 0.6) is 0 Å². The number of rotatable bonds is 6. The van der Waals surface area contributed by atoms with Crippen LogP contribution in [0.15, 0.2) is 30.3 Å². The summed E-state index contributed by atoms with van der Waals surface area (Å²) in [6.45, 7) is 6.63.